The maximum Gasteiger partial charge on any atom is 0.0485 e. The first-order chi connectivity index (χ1) is 8.16. The van der Waals surface area contributed by atoms with Gasteiger partial charge in [0.25, 0.3) is 0 Å². The third-order valence-electron chi connectivity index (χ3n) is 2.85. The summed E-state index contributed by atoms with van der Waals surface area (Å²) in [6.07, 6.45) is 0. The Hall–Kier alpha value is -0.760. The Morgan fingerprint density at radius 3 is 2.41 bits per heavy atom. The Morgan fingerprint density at radius 2 is 1.59 bits per heavy atom. The molecule has 3 rings (SSSR count). The van der Waals surface area contributed by atoms with Crippen LogP contribution in [0.3, 0.4) is 0 Å². The molecule has 3 aromatic carbocycles. The SMILES string of the molecule is Clc1ccc2c(ccc3c(Cl)ccc(Br)c32)c1. The lowest BCUT2D eigenvalue weighted by Crippen LogP contribution is -1.80. The van der Waals surface area contributed by atoms with Crippen LogP contribution in [0.1, 0.15) is 0 Å². The van der Waals surface area contributed by atoms with Gasteiger partial charge in [-0.15, -0.1) is 0 Å². The van der Waals surface area contributed by atoms with Crippen molar-refractivity contribution in [2.75, 3.05) is 0 Å². The molecular weight excluding hydrogens is 319 g/mol. The lowest BCUT2D eigenvalue weighted by molar-refractivity contribution is 1.73. The van der Waals surface area contributed by atoms with Crippen molar-refractivity contribution in [3.05, 3.63) is 57.0 Å². The Balaban J connectivity index is 2.59. The van der Waals surface area contributed by atoms with Gasteiger partial charge < -0.3 is 0 Å². The number of benzene rings is 3. The number of rotatable bonds is 0. The molecule has 0 nitrogen and oxygen atoms in total. The van der Waals surface area contributed by atoms with Crippen LogP contribution >= 0.6 is 39.1 Å². The van der Waals surface area contributed by atoms with Crippen LogP contribution in [0.25, 0.3) is 21.5 Å². The predicted molar refractivity (Wildman–Crippen MR) is 79.2 cm³/mol. The molecule has 3 aromatic rings. The van der Waals surface area contributed by atoms with Crippen molar-refractivity contribution in [2.24, 2.45) is 0 Å². The topological polar surface area (TPSA) is 0 Å². The Kier molecular flexibility index (Phi) is 2.78. The van der Waals surface area contributed by atoms with Gasteiger partial charge in [0.2, 0.25) is 0 Å². The minimum atomic E-state index is 0.745. The monoisotopic (exact) mass is 324 g/mol. The van der Waals surface area contributed by atoms with Gasteiger partial charge in [-0.2, -0.15) is 0 Å². The smallest absolute Gasteiger partial charge is 0.0485 e. The maximum absolute atomic E-state index is 6.21. The van der Waals surface area contributed by atoms with Crippen LogP contribution in [0.15, 0.2) is 46.9 Å². The van der Waals surface area contributed by atoms with Crippen molar-refractivity contribution in [3.8, 4) is 0 Å². The van der Waals surface area contributed by atoms with Gasteiger partial charge in [-0.25, -0.2) is 0 Å². The van der Waals surface area contributed by atoms with Crippen molar-refractivity contribution in [2.45, 2.75) is 0 Å². The minimum absolute atomic E-state index is 0.745. The van der Waals surface area contributed by atoms with E-state index in [0.29, 0.717) is 0 Å². The molecule has 0 fully saturated rings. The van der Waals surface area contributed by atoms with Crippen LogP contribution in [0, 0.1) is 0 Å². The van der Waals surface area contributed by atoms with E-state index >= 15 is 0 Å². The molecule has 0 N–H and O–H groups in total. The van der Waals surface area contributed by atoms with Crippen molar-refractivity contribution >= 4 is 60.7 Å². The molecule has 0 radical (unpaired) electrons. The standard InChI is InChI=1S/C14H7BrCl2/c15-12-5-6-13(17)11-3-1-8-7-9(16)2-4-10(8)14(11)12/h1-7H. The fourth-order valence-corrected chi connectivity index (χ4v) is 3.04. The number of halogens is 3. The molecule has 84 valence electrons. The van der Waals surface area contributed by atoms with E-state index in [9.17, 15) is 0 Å². The Labute approximate surface area is 117 Å². The summed E-state index contributed by atoms with van der Waals surface area (Å²) < 4.78 is 1.05. The van der Waals surface area contributed by atoms with Gasteiger partial charge in [0.1, 0.15) is 0 Å². The molecule has 0 heterocycles. The molecule has 0 unspecified atom stereocenters. The average molecular weight is 326 g/mol. The van der Waals surface area contributed by atoms with Gasteiger partial charge in [0.15, 0.2) is 0 Å². The van der Waals surface area contributed by atoms with Crippen LogP contribution in [0.5, 0.6) is 0 Å². The van der Waals surface area contributed by atoms with E-state index in [1.807, 2.05) is 42.5 Å². The van der Waals surface area contributed by atoms with Crippen molar-refractivity contribution in [1.29, 1.82) is 0 Å². The second kappa shape index (κ2) is 4.16. The molecule has 0 aromatic heterocycles. The van der Waals surface area contributed by atoms with Crippen LogP contribution in [0.4, 0.5) is 0 Å². The molecule has 0 atom stereocenters. The summed E-state index contributed by atoms with van der Waals surface area (Å²) in [4.78, 5) is 0. The molecule has 0 saturated carbocycles. The van der Waals surface area contributed by atoms with Crippen LogP contribution in [-0.2, 0) is 0 Å². The van der Waals surface area contributed by atoms with Gasteiger partial charge >= 0.3 is 0 Å². The van der Waals surface area contributed by atoms with Crippen molar-refractivity contribution < 1.29 is 0 Å². The van der Waals surface area contributed by atoms with E-state index in [1.165, 1.54) is 0 Å². The summed E-state index contributed by atoms with van der Waals surface area (Å²) in [5.41, 5.74) is 0. The van der Waals surface area contributed by atoms with E-state index in [4.69, 9.17) is 23.2 Å². The zero-order valence-electron chi connectivity index (χ0n) is 8.68. The van der Waals surface area contributed by atoms with E-state index in [0.717, 1.165) is 36.1 Å². The average Bonchev–Trinajstić information content (AvgIpc) is 2.32. The molecule has 0 amide bonds. The predicted octanol–water partition coefficient (Wildman–Crippen LogP) is 6.06. The highest BCUT2D eigenvalue weighted by atomic mass is 79.9. The molecule has 0 bridgehead atoms. The maximum atomic E-state index is 6.21. The molecule has 0 saturated heterocycles. The number of hydrogen-bond donors (Lipinski definition) is 0. The third kappa shape index (κ3) is 1.83. The van der Waals surface area contributed by atoms with Gasteiger partial charge in [0, 0.05) is 25.3 Å². The van der Waals surface area contributed by atoms with Crippen LogP contribution in [0.2, 0.25) is 10.0 Å². The minimum Gasteiger partial charge on any atom is -0.0843 e. The fraction of sp³-hybridized carbons (Fsp3) is 0. The largest absolute Gasteiger partial charge is 0.0843 e. The second-order valence-corrected chi connectivity index (χ2v) is 5.58. The van der Waals surface area contributed by atoms with Crippen molar-refractivity contribution in [1.82, 2.24) is 0 Å². The van der Waals surface area contributed by atoms with Gasteiger partial charge in [0.05, 0.1) is 0 Å². The normalized spacial score (nSPS) is 11.2. The highest BCUT2D eigenvalue weighted by Crippen LogP contribution is 2.36. The molecule has 0 aliphatic heterocycles. The second-order valence-electron chi connectivity index (χ2n) is 3.88. The molecular formula is C14H7BrCl2. The first kappa shape index (κ1) is 11.3. The quantitative estimate of drug-likeness (QED) is 0.440. The highest BCUT2D eigenvalue weighted by molar-refractivity contribution is 9.10. The van der Waals surface area contributed by atoms with E-state index < -0.39 is 0 Å². The lowest BCUT2D eigenvalue weighted by Gasteiger charge is -2.07. The van der Waals surface area contributed by atoms with E-state index in [-0.39, 0.29) is 0 Å². The Morgan fingerprint density at radius 1 is 0.824 bits per heavy atom. The summed E-state index contributed by atoms with van der Waals surface area (Å²) in [6, 6.07) is 13.8. The first-order valence-electron chi connectivity index (χ1n) is 5.13. The molecule has 17 heavy (non-hydrogen) atoms. The third-order valence-corrected chi connectivity index (χ3v) is 4.08. The zero-order valence-corrected chi connectivity index (χ0v) is 11.8. The van der Waals surface area contributed by atoms with Crippen LogP contribution in [-0.4, -0.2) is 0 Å². The lowest BCUT2D eigenvalue weighted by atomic mass is 10.0. The zero-order chi connectivity index (χ0) is 12.0. The number of fused-ring (bicyclic) bond motifs is 3. The molecule has 3 heteroatoms. The highest BCUT2D eigenvalue weighted by Gasteiger charge is 2.07. The van der Waals surface area contributed by atoms with Gasteiger partial charge in [-0.05, 0) is 35.0 Å². The Bertz CT molecular complexity index is 735. The summed E-state index contributed by atoms with van der Waals surface area (Å²) in [5.74, 6) is 0. The van der Waals surface area contributed by atoms with Gasteiger partial charge in [-0.3, -0.25) is 0 Å². The first-order valence-corrected chi connectivity index (χ1v) is 6.68. The number of hydrogen-bond acceptors (Lipinski definition) is 0. The van der Waals surface area contributed by atoms with Crippen molar-refractivity contribution in [3.63, 3.8) is 0 Å². The summed E-state index contributed by atoms with van der Waals surface area (Å²) in [5, 5.41) is 5.96. The van der Waals surface area contributed by atoms with Crippen LogP contribution < -0.4 is 0 Å². The van der Waals surface area contributed by atoms with E-state index in [1.54, 1.807) is 0 Å². The molecule has 0 aliphatic carbocycles. The summed E-state index contributed by atoms with van der Waals surface area (Å²) in [7, 11) is 0. The molecule has 0 spiro atoms. The summed E-state index contributed by atoms with van der Waals surface area (Å²) >= 11 is 15.8. The van der Waals surface area contributed by atoms with E-state index in [2.05, 4.69) is 15.9 Å². The molecule has 0 aliphatic rings. The fourth-order valence-electron chi connectivity index (χ4n) is 2.08. The van der Waals surface area contributed by atoms with Gasteiger partial charge in [-0.1, -0.05) is 57.3 Å². The summed E-state index contributed by atoms with van der Waals surface area (Å²) in [6.45, 7) is 0.